The van der Waals surface area contributed by atoms with Gasteiger partial charge in [-0.2, -0.15) is 4.98 Å². The molecule has 1 saturated heterocycles. The molecular formula is C19H23N3O3. The van der Waals surface area contributed by atoms with Gasteiger partial charge in [-0.1, -0.05) is 41.9 Å². The van der Waals surface area contributed by atoms with Gasteiger partial charge in [0, 0.05) is 19.5 Å². The van der Waals surface area contributed by atoms with Crippen LogP contribution < -0.4 is 0 Å². The lowest BCUT2D eigenvalue weighted by molar-refractivity contribution is -0.149. The van der Waals surface area contributed by atoms with Gasteiger partial charge in [0.2, 0.25) is 5.89 Å². The normalized spacial score (nSPS) is 26.0. The van der Waals surface area contributed by atoms with Crippen molar-refractivity contribution in [3.63, 3.8) is 0 Å². The zero-order chi connectivity index (χ0) is 17.3. The second kappa shape index (κ2) is 6.59. The molecule has 25 heavy (non-hydrogen) atoms. The Kier molecular flexibility index (Phi) is 4.29. The second-order valence-corrected chi connectivity index (χ2v) is 7.31. The molecule has 0 spiro atoms. The number of carbonyl (C=O) groups is 1. The van der Waals surface area contributed by atoms with Gasteiger partial charge in [-0.25, -0.2) is 0 Å². The zero-order valence-corrected chi connectivity index (χ0v) is 14.2. The summed E-state index contributed by atoms with van der Waals surface area (Å²) in [5, 5.41) is 13.7. The van der Waals surface area contributed by atoms with E-state index in [4.69, 9.17) is 4.52 Å². The van der Waals surface area contributed by atoms with Gasteiger partial charge in [-0.15, -0.1) is 0 Å². The fraction of sp³-hybridized carbons (Fsp3) is 0.526. The minimum Gasteiger partial charge on any atom is -0.481 e. The third-order valence-electron chi connectivity index (χ3n) is 5.72. The fourth-order valence-electron chi connectivity index (χ4n) is 4.41. The van der Waals surface area contributed by atoms with Crippen LogP contribution in [0.25, 0.3) is 0 Å². The Morgan fingerprint density at radius 2 is 2.16 bits per heavy atom. The summed E-state index contributed by atoms with van der Waals surface area (Å²) in [7, 11) is 0. The summed E-state index contributed by atoms with van der Waals surface area (Å²) in [5.41, 5.74) is 0.695. The number of fused-ring (bicyclic) bond motifs is 1. The van der Waals surface area contributed by atoms with Gasteiger partial charge in [-0.05, 0) is 30.7 Å². The molecule has 132 valence electrons. The fourth-order valence-corrected chi connectivity index (χ4v) is 4.41. The minimum absolute atomic E-state index is 0.255. The van der Waals surface area contributed by atoms with Crippen molar-refractivity contribution in [2.45, 2.75) is 38.6 Å². The Bertz CT molecular complexity index is 745. The van der Waals surface area contributed by atoms with Crippen molar-refractivity contribution in [3.05, 3.63) is 47.6 Å². The molecule has 2 fully saturated rings. The molecule has 2 heterocycles. The van der Waals surface area contributed by atoms with E-state index in [1.807, 2.05) is 18.2 Å². The molecule has 1 aliphatic carbocycles. The Balaban J connectivity index is 1.35. The average Bonchev–Trinajstić information content (AvgIpc) is 3.29. The predicted octanol–water partition coefficient (Wildman–Crippen LogP) is 2.54. The zero-order valence-electron chi connectivity index (χ0n) is 14.2. The monoisotopic (exact) mass is 341 g/mol. The topological polar surface area (TPSA) is 79.5 Å². The van der Waals surface area contributed by atoms with Crippen molar-refractivity contribution in [1.82, 2.24) is 15.0 Å². The Hall–Kier alpha value is -2.21. The first-order valence-electron chi connectivity index (χ1n) is 8.97. The molecule has 0 amide bonds. The number of hydrogen-bond donors (Lipinski definition) is 1. The SMILES string of the molecule is O=C(O)[C@@]12CCC[C@H]1CN(Cc1nc(CCc3ccccc3)no1)C2. The van der Waals surface area contributed by atoms with Crippen molar-refractivity contribution in [2.24, 2.45) is 11.3 Å². The molecule has 1 saturated carbocycles. The third-order valence-corrected chi connectivity index (χ3v) is 5.72. The van der Waals surface area contributed by atoms with E-state index in [1.54, 1.807) is 0 Å². The molecular weight excluding hydrogens is 318 g/mol. The summed E-state index contributed by atoms with van der Waals surface area (Å²) >= 11 is 0. The Morgan fingerprint density at radius 3 is 2.92 bits per heavy atom. The van der Waals surface area contributed by atoms with Crippen molar-refractivity contribution in [3.8, 4) is 0 Å². The van der Waals surface area contributed by atoms with Crippen molar-refractivity contribution >= 4 is 5.97 Å². The molecule has 1 aliphatic heterocycles. The molecule has 4 rings (SSSR count). The highest BCUT2D eigenvalue weighted by molar-refractivity contribution is 5.76. The maximum absolute atomic E-state index is 11.7. The highest BCUT2D eigenvalue weighted by Gasteiger charge is 2.54. The number of carboxylic acids is 1. The van der Waals surface area contributed by atoms with E-state index < -0.39 is 11.4 Å². The van der Waals surface area contributed by atoms with Crippen LogP contribution in [0.15, 0.2) is 34.9 Å². The van der Waals surface area contributed by atoms with Crippen molar-refractivity contribution in [2.75, 3.05) is 13.1 Å². The first kappa shape index (κ1) is 16.3. The lowest BCUT2D eigenvalue weighted by atomic mass is 9.81. The molecule has 1 N–H and O–H groups in total. The number of benzene rings is 1. The van der Waals surface area contributed by atoms with Gasteiger partial charge in [0.05, 0.1) is 12.0 Å². The molecule has 2 atom stereocenters. The van der Waals surface area contributed by atoms with Crippen LogP contribution in [-0.2, 0) is 24.2 Å². The molecule has 0 unspecified atom stereocenters. The first-order valence-corrected chi connectivity index (χ1v) is 8.97. The Morgan fingerprint density at radius 1 is 1.32 bits per heavy atom. The van der Waals surface area contributed by atoms with Crippen LogP contribution in [0.4, 0.5) is 0 Å². The summed E-state index contributed by atoms with van der Waals surface area (Å²) in [5.74, 6) is 0.909. The molecule has 2 aliphatic rings. The number of rotatable bonds is 6. The van der Waals surface area contributed by atoms with Crippen LogP contribution in [0.1, 0.15) is 36.5 Å². The van der Waals surface area contributed by atoms with Crippen molar-refractivity contribution < 1.29 is 14.4 Å². The van der Waals surface area contributed by atoms with E-state index in [2.05, 4.69) is 27.2 Å². The Labute approximate surface area is 146 Å². The van der Waals surface area contributed by atoms with Gasteiger partial charge in [0.25, 0.3) is 0 Å². The van der Waals surface area contributed by atoms with Crippen LogP contribution in [0.3, 0.4) is 0 Å². The molecule has 1 aromatic heterocycles. The van der Waals surface area contributed by atoms with Gasteiger partial charge >= 0.3 is 5.97 Å². The largest absolute Gasteiger partial charge is 0.481 e. The number of carboxylic acid groups (broad SMARTS) is 1. The first-order chi connectivity index (χ1) is 12.2. The quantitative estimate of drug-likeness (QED) is 0.870. The lowest BCUT2D eigenvalue weighted by Crippen LogP contribution is -2.35. The lowest BCUT2D eigenvalue weighted by Gasteiger charge is -2.23. The molecule has 0 radical (unpaired) electrons. The molecule has 6 nitrogen and oxygen atoms in total. The van der Waals surface area contributed by atoms with Gasteiger partial charge in [-0.3, -0.25) is 9.69 Å². The second-order valence-electron chi connectivity index (χ2n) is 7.31. The van der Waals surface area contributed by atoms with Crippen LogP contribution >= 0.6 is 0 Å². The highest BCUT2D eigenvalue weighted by atomic mass is 16.5. The smallest absolute Gasteiger partial charge is 0.311 e. The maximum Gasteiger partial charge on any atom is 0.311 e. The van der Waals surface area contributed by atoms with E-state index >= 15 is 0 Å². The summed E-state index contributed by atoms with van der Waals surface area (Å²) < 4.78 is 5.38. The van der Waals surface area contributed by atoms with Crippen LogP contribution in [-0.4, -0.2) is 39.2 Å². The maximum atomic E-state index is 11.7. The number of aryl methyl sites for hydroxylation is 2. The molecule has 0 bridgehead atoms. The highest BCUT2D eigenvalue weighted by Crippen LogP contribution is 2.49. The summed E-state index contributed by atoms with van der Waals surface area (Å²) in [6.07, 6.45) is 4.45. The standard InChI is InChI=1S/C19H23N3O3/c23-18(24)19-10-4-7-15(19)11-22(13-19)12-17-20-16(21-25-17)9-8-14-5-2-1-3-6-14/h1-3,5-6,15H,4,7-13H2,(H,23,24)/t15-,19+/m0/s1. The predicted molar refractivity (Wildman–Crippen MR) is 90.8 cm³/mol. The van der Waals surface area contributed by atoms with Gasteiger partial charge < -0.3 is 9.63 Å². The molecule has 1 aromatic carbocycles. The van der Waals surface area contributed by atoms with Crippen LogP contribution in [0.5, 0.6) is 0 Å². The van der Waals surface area contributed by atoms with E-state index in [0.29, 0.717) is 24.8 Å². The average molecular weight is 341 g/mol. The van der Waals surface area contributed by atoms with Crippen molar-refractivity contribution in [1.29, 1.82) is 0 Å². The summed E-state index contributed by atoms with van der Waals surface area (Å²) in [6, 6.07) is 10.2. The van der Waals surface area contributed by atoms with Crippen LogP contribution in [0, 0.1) is 11.3 Å². The van der Waals surface area contributed by atoms with Gasteiger partial charge in [0.1, 0.15) is 0 Å². The van der Waals surface area contributed by atoms with E-state index in [1.165, 1.54) is 5.56 Å². The van der Waals surface area contributed by atoms with Crippen LogP contribution in [0.2, 0.25) is 0 Å². The summed E-state index contributed by atoms with van der Waals surface area (Å²) in [6.45, 7) is 1.95. The summed E-state index contributed by atoms with van der Waals surface area (Å²) in [4.78, 5) is 18.4. The van der Waals surface area contributed by atoms with Gasteiger partial charge in [0.15, 0.2) is 5.82 Å². The number of aliphatic carboxylic acids is 1. The number of likely N-dealkylation sites (tertiary alicyclic amines) is 1. The van der Waals surface area contributed by atoms with E-state index in [9.17, 15) is 9.90 Å². The number of hydrogen-bond acceptors (Lipinski definition) is 5. The third kappa shape index (κ3) is 3.18. The van der Waals surface area contributed by atoms with E-state index in [-0.39, 0.29) is 5.92 Å². The number of aromatic nitrogens is 2. The molecule has 2 aromatic rings. The minimum atomic E-state index is -0.647. The molecule has 6 heteroatoms. The van der Waals surface area contributed by atoms with E-state index in [0.717, 1.165) is 38.6 Å². The number of nitrogens with zero attached hydrogens (tertiary/aromatic N) is 3.